The number of nitrogens with zero attached hydrogens (tertiary/aromatic N) is 3. The van der Waals surface area contributed by atoms with Crippen LogP contribution in [-0.2, 0) is 23.1 Å². The number of benzene rings is 2. The molecule has 30 heavy (non-hydrogen) atoms. The van der Waals surface area contributed by atoms with Crippen molar-refractivity contribution in [2.75, 3.05) is 40.3 Å². The second kappa shape index (κ2) is 10.0. The van der Waals surface area contributed by atoms with Crippen molar-refractivity contribution in [3.05, 3.63) is 65.5 Å². The minimum atomic E-state index is -3.57. The molecule has 0 saturated carbocycles. The maximum absolute atomic E-state index is 13.3. The zero-order chi connectivity index (χ0) is 21.6. The summed E-state index contributed by atoms with van der Waals surface area (Å²) >= 11 is 0. The predicted octanol–water partition coefficient (Wildman–Crippen LogP) is 1.63. The highest BCUT2D eigenvalue weighted by Crippen LogP contribution is 2.21. The van der Waals surface area contributed by atoms with E-state index < -0.39 is 10.0 Å². The van der Waals surface area contributed by atoms with Crippen LogP contribution < -0.4 is 10.6 Å². The first kappa shape index (κ1) is 22.2. The summed E-state index contributed by atoms with van der Waals surface area (Å²) in [5.41, 5.74) is 1.46. The number of sulfonamides is 1. The lowest BCUT2D eigenvalue weighted by atomic mass is 10.2. The molecule has 2 N–H and O–H groups in total. The van der Waals surface area contributed by atoms with Crippen molar-refractivity contribution in [3.63, 3.8) is 0 Å². The highest BCUT2D eigenvalue weighted by molar-refractivity contribution is 7.89. The molecular formula is C21H28FN5O2S. The van der Waals surface area contributed by atoms with Crippen molar-refractivity contribution in [2.24, 2.45) is 4.99 Å². The zero-order valence-corrected chi connectivity index (χ0v) is 18.1. The monoisotopic (exact) mass is 433 g/mol. The molecule has 2 aromatic carbocycles. The third-order valence-corrected chi connectivity index (χ3v) is 7.07. The number of hydrogen-bond acceptors (Lipinski definition) is 4. The second-order valence-electron chi connectivity index (χ2n) is 7.22. The summed E-state index contributed by atoms with van der Waals surface area (Å²) in [5.74, 6) is 0.214. The summed E-state index contributed by atoms with van der Waals surface area (Å²) in [6, 6.07) is 13.3. The van der Waals surface area contributed by atoms with Crippen molar-refractivity contribution in [1.29, 1.82) is 0 Å². The first-order valence-corrected chi connectivity index (χ1v) is 11.3. The summed E-state index contributed by atoms with van der Waals surface area (Å²) in [6.07, 6.45) is 0. The van der Waals surface area contributed by atoms with Gasteiger partial charge in [-0.05, 0) is 36.4 Å². The lowest BCUT2D eigenvalue weighted by Crippen LogP contribution is -2.47. The van der Waals surface area contributed by atoms with Gasteiger partial charge in [0.2, 0.25) is 10.0 Å². The summed E-state index contributed by atoms with van der Waals surface area (Å²) in [4.78, 5) is 6.59. The Morgan fingerprint density at radius 3 is 2.43 bits per heavy atom. The van der Waals surface area contributed by atoms with Crippen LogP contribution in [-0.4, -0.2) is 63.9 Å². The van der Waals surface area contributed by atoms with Gasteiger partial charge in [0, 0.05) is 46.3 Å². The standard InChI is InChI=1S/C21H28FN5O2S/c1-23-21(24-15-17-6-5-8-19(22)14-17)25-16-18-7-3-4-9-20(18)30(28,29)27-12-10-26(2)11-13-27/h3-9,14H,10-13,15-16H2,1-2H3,(H2,23,24,25). The summed E-state index contributed by atoms with van der Waals surface area (Å²) in [5, 5.41) is 6.26. The number of halogens is 1. The van der Waals surface area contributed by atoms with E-state index in [2.05, 4.69) is 20.5 Å². The number of nitrogens with one attached hydrogen (secondary N) is 2. The van der Waals surface area contributed by atoms with Crippen LogP contribution in [0.3, 0.4) is 0 Å². The van der Waals surface area contributed by atoms with Gasteiger partial charge in [0.05, 0.1) is 4.90 Å². The normalized spacial score (nSPS) is 16.4. The van der Waals surface area contributed by atoms with Crippen molar-refractivity contribution in [2.45, 2.75) is 18.0 Å². The molecule has 1 heterocycles. The van der Waals surface area contributed by atoms with Crippen molar-refractivity contribution < 1.29 is 12.8 Å². The quantitative estimate of drug-likeness (QED) is 0.535. The maximum Gasteiger partial charge on any atom is 0.243 e. The van der Waals surface area contributed by atoms with E-state index in [-0.39, 0.29) is 5.82 Å². The molecule has 1 saturated heterocycles. The number of piperazine rings is 1. The number of hydrogen-bond donors (Lipinski definition) is 2. The van der Waals surface area contributed by atoms with Gasteiger partial charge >= 0.3 is 0 Å². The molecule has 1 fully saturated rings. The minimum Gasteiger partial charge on any atom is -0.352 e. The number of likely N-dealkylation sites (N-methyl/N-ethyl adjacent to an activating group) is 1. The van der Waals surface area contributed by atoms with Gasteiger partial charge in [-0.2, -0.15) is 4.31 Å². The van der Waals surface area contributed by atoms with E-state index >= 15 is 0 Å². The Morgan fingerprint density at radius 1 is 1.03 bits per heavy atom. The molecule has 1 aliphatic rings. The Kier molecular flexibility index (Phi) is 7.41. The summed E-state index contributed by atoms with van der Waals surface area (Å²) in [6.45, 7) is 3.10. The Balaban J connectivity index is 1.66. The fraction of sp³-hybridized carbons (Fsp3) is 0.381. The van der Waals surface area contributed by atoms with Crippen LogP contribution in [0.5, 0.6) is 0 Å². The van der Waals surface area contributed by atoms with Gasteiger partial charge in [-0.3, -0.25) is 4.99 Å². The lowest BCUT2D eigenvalue weighted by molar-refractivity contribution is 0.222. The third-order valence-electron chi connectivity index (χ3n) is 5.07. The van der Waals surface area contributed by atoms with Gasteiger partial charge in [-0.1, -0.05) is 30.3 Å². The highest BCUT2D eigenvalue weighted by atomic mass is 32.2. The summed E-state index contributed by atoms with van der Waals surface area (Å²) in [7, 11) is 0.0570. The van der Waals surface area contributed by atoms with E-state index in [1.165, 1.54) is 12.1 Å². The molecule has 7 nitrogen and oxygen atoms in total. The average molecular weight is 434 g/mol. The predicted molar refractivity (Wildman–Crippen MR) is 116 cm³/mol. The Bertz CT molecular complexity index is 988. The molecule has 0 radical (unpaired) electrons. The first-order chi connectivity index (χ1) is 14.4. The number of guanidine groups is 1. The molecule has 3 rings (SSSR count). The van der Waals surface area contributed by atoms with Crippen LogP contribution in [0.15, 0.2) is 58.4 Å². The van der Waals surface area contributed by atoms with Gasteiger partial charge in [-0.15, -0.1) is 0 Å². The van der Waals surface area contributed by atoms with Gasteiger partial charge < -0.3 is 15.5 Å². The van der Waals surface area contributed by atoms with E-state index in [9.17, 15) is 12.8 Å². The Hall–Kier alpha value is -2.49. The largest absolute Gasteiger partial charge is 0.352 e. The van der Waals surface area contributed by atoms with Gasteiger partial charge in [0.15, 0.2) is 5.96 Å². The molecule has 0 unspecified atom stereocenters. The number of rotatable bonds is 6. The molecule has 162 valence electrons. The number of aliphatic imine (C=N–C) groups is 1. The maximum atomic E-state index is 13.3. The van der Waals surface area contributed by atoms with Crippen molar-refractivity contribution >= 4 is 16.0 Å². The van der Waals surface area contributed by atoms with Crippen LogP contribution in [0.4, 0.5) is 4.39 Å². The lowest BCUT2D eigenvalue weighted by Gasteiger charge is -2.32. The minimum absolute atomic E-state index is 0.291. The Morgan fingerprint density at radius 2 is 1.73 bits per heavy atom. The molecule has 0 atom stereocenters. The zero-order valence-electron chi connectivity index (χ0n) is 17.3. The van der Waals surface area contributed by atoms with E-state index in [4.69, 9.17) is 0 Å². The molecule has 0 aliphatic carbocycles. The molecule has 0 amide bonds. The first-order valence-electron chi connectivity index (χ1n) is 9.85. The SMILES string of the molecule is CN=C(NCc1cccc(F)c1)NCc1ccccc1S(=O)(=O)N1CCN(C)CC1. The smallest absolute Gasteiger partial charge is 0.243 e. The third kappa shape index (κ3) is 5.56. The van der Waals surface area contributed by atoms with Crippen LogP contribution in [0, 0.1) is 5.82 Å². The van der Waals surface area contributed by atoms with Gasteiger partial charge in [0.25, 0.3) is 0 Å². The van der Waals surface area contributed by atoms with Crippen LogP contribution >= 0.6 is 0 Å². The van der Waals surface area contributed by atoms with Crippen LogP contribution in [0.1, 0.15) is 11.1 Å². The molecule has 2 aromatic rings. The molecule has 1 aliphatic heterocycles. The average Bonchev–Trinajstić information content (AvgIpc) is 2.74. The second-order valence-corrected chi connectivity index (χ2v) is 9.13. The van der Waals surface area contributed by atoms with E-state index in [1.54, 1.807) is 35.6 Å². The van der Waals surface area contributed by atoms with Gasteiger partial charge in [0.1, 0.15) is 5.82 Å². The van der Waals surface area contributed by atoms with E-state index in [0.29, 0.717) is 42.6 Å². The van der Waals surface area contributed by atoms with Crippen LogP contribution in [0.25, 0.3) is 0 Å². The van der Waals surface area contributed by atoms with Crippen molar-refractivity contribution in [1.82, 2.24) is 19.8 Å². The molecule has 0 spiro atoms. The highest BCUT2D eigenvalue weighted by Gasteiger charge is 2.29. The topological polar surface area (TPSA) is 77.0 Å². The molecule has 0 bridgehead atoms. The molecule has 9 heteroatoms. The van der Waals surface area contributed by atoms with Crippen molar-refractivity contribution in [3.8, 4) is 0 Å². The fourth-order valence-corrected chi connectivity index (χ4v) is 4.95. The summed E-state index contributed by atoms with van der Waals surface area (Å²) < 4.78 is 41.2. The van der Waals surface area contributed by atoms with Crippen LogP contribution in [0.2, 0.25) is 0 Å². The Labute approximate surface area is 177 Å². The van der Waals surface area contributed by atoms with E-state index in [1.807, 2.05) is 19.2 Å². The molecular weight excluding hydrogens is 405 g/mol. The molecule has 0 aromatic heterocycles. The van der Waals surface area contributed by atoms with Gasteiger partial charge in [-0.25, -0.2) is 12.8 Å². The fourth-order valence-electron chi connectivity index (χ4n) is 3.30. The van der Waals surface area contributed by atoms with E-state index in [0.717, 1.165) is 18.7 Å².